The topological polar surface area (TPSA) is 38.3 Å². The molecule has 1 amide bonds. The molecule has 0 aliphatic carbocycles. The molecule has 1 aliphatic heterocycles. The maximum atomic E-state index is 11.8. The van der Waals surface area contributed by atoms with Gasteiger partial charge in [-0.3, -0.25) is 4.79 Å². The molecule has 2 rings (SSSR count). The van der Waals surface area contributed by atoms with Crippen LogP contribution in [0.3, 0.4) is 0 Å². The van der Waals surface area contributed by atoms with Crippen molar-refractivity contribution in [1.82, 2.24) is 5.32 Å². The summed E-state index contributed by atoms with van der Waals surface area (Å²) in [6, 6.07) is 5.56. The largest absolute Gasteiger partial charge is 0.493 e. The van der Waals surface area contributed by atoms with Crippen LogP contribution in [-0.4, -0.2) is 12.5 Å². The van der Waals surface area contributed by atoms with Gasteiger partial charge in [-0.2, -0.15) is 0 Å². The molecule has 18 heavy (non-hydrogen) atoms. The van der Waals surface area contributed by atoms with E-state index < -0.39 is 0 Å². The van der Waals surface area contributed by atoms with Crippen LogP contribution < -0.4 is 10.1 Å². The summed E-state index contributed by atoms with van der Waals surface area (Å²) in [5.41, 5.74) is 0.981. The van der Waals surface area contributed by atoms with Gasteiger partial charge in [0, 0.05) is 16.5 Å². The van der Waals surface area contributed by atoms with Crippen LogP contribution in [0.2, 0.25) is 5.02 Å². The Bertz CT molecular complexity index is 445. The third-order valence-electron chi connectivity index (χ3n) is 3.08. The Balaban J connectivity index is 2.26. The molecule has 0 bridgehead atoms. The fraction of sp³-hybridized carbons (Fsp3) is 0.500. The lowest BCUT2D eigenvalue weighted by Gasteiger charge is -2.19. The summed E-state index contributed by atoms with van der Waals surface area (Å²) >= 11 is 6.03. The van der Waals surface area contributed by atoms with E-state index in [1.54, 1.807) is 0 Å². The molecular weight excluding hydrogens is 250 g/mol. The second-order valence-corrected chi connectivity index (χ2v) is 5.33. The first kappa shape index (κ1) is 13.2. The molecule has 0 spiro atoms. The van der Waals surface area contributed by atoms with Crippen molar-refractivity contribution in [3.8, 4) is 5.75 Å². The standard InChI is InChI=1S/C14H18ClNO2/c1-9(2)14(17)16-12-4-3-7-18-13-6-5-10(15)8-11(12)13/h5-6,8-9,12H,3-4,7H2,1-2H3,(H,16,17). The molecule has 1 N–H and O–H groups in total. The van der Waals surface area contributed by atoms with E-state index in [0.717, 1.165) is 24.2 Å². The monoisotopic (exact) mass is 267 g/mol. The van der Waals surface area contributed by atoms with Crippen LogP contribution >= 0.6 is 11.6 Å². The zero-order valence-corrected chi connectivity index (χ0v) is 11.5. The molecule has 1 aromatic carbocycles. The van der Waals surface area contributed by atoms with Crippen molar-refractivity contribution in [3.63, 3.8) is 0 Å². The van der Waals surface area contributed by atoms with E-state index in [9.17, 15) is 4.79 Å². The third kappa shape index (κ3) is 2.96. The first-order valence-corrected chi connectivity index (χ1v) is 6.68. The molecule has 1 aromatic rings. The lowest BCUT2D eigenvalue weighted by Crippen LogP contribution is -2.31. The predicted molar refractivity (Wildman–Crippen MR) is 71.9 cm³/mol. The Hall–Kier alpha value is -1.22. The Morgan fingerprint density at radius 2 is 2.28 bits per heavy atom. The number of amides is 1. The van der Waals surface area contributed by atoms with Crippen LogP contribution in [0.15, 0.2) is 18.2 Å². The summed E-state index contributed by atoms with van der Waals surface area (Å²) in [5, 5.41) is 3.73. The second-order valence-electron chi connectivity index (χ2n) is 4.89. The van der Waals surface area contributed by atoms with E-state index in [2.05, 4.69) is 5.32 Å². The second kappa shape index (κ2) is 5.61. The molecule has 1 unspecified atom stereocenters. The van der Waals surface area contributed by atoms with E-state index in [-0.39, 0.29) is 17.9 Å². The quantitative estimate of drug-likeness (QED) is 0.893. The summed E-state index contributed by atoms with van der Waals surface area (Å²) in [5.74, 6) is 0.871. The number of fused-ring (bicyclic) bond motifs is 1. The van der Waals surface area contributed by atoms with Gasteiger partial charge in [0.15, 0.2) is 0 Å². The van der Waals surface area contributed by atoms with E-state index in [0.29, 0.717) is 11.6 Å². The minimum absolute atomic E-state index is 0.00361. The highest BCUT2D eigenvalue weighted by molar-refractivity contribution is 6.30. The molecule has 1 atom stereocenters. The molecule has 3 nitrogen and oxygen atoms in total. The Morgan fingerprint density at radius 1 is 1.50 bits per heavy atom. The number of ether oxygens (including phenoxy) is 1. The molecule has 0 saturated carbocycles. The van der Waals surface area contributed by atoms with Gasteiger partial charge < -0.3 is 10.1 Å². The lowest BCUT2D eigenvalue weighted by atomic mass is 10.0. The van der Waals surface area contributed by atoms with E-state index in [1.165, 1.54) is 0 Å². The number of hydrogen-bond acceptors (Lipinski definition) is 2. The maximum Gasteiger partial charge on any atom is 0.223 e. The van der Waals surface area contributed by atoms with Gasteiger partial charge in [-0.1, -0.05) is 25.4 Å². The van der Waals surface area contributed by atoms with Crippen molar-refractivity contribution in [2.24, 2.45) is 5.92 Å². The summed E-state index contributed by atoms with van der Waals surface area (Å²) in [4.78, 5) is 11.8. The van der Waals surface area contributed by atoms with E-state index >= 15 is 0 Å². The zero-order chi connectivity index (χ0) is 13.1. The first-order valence-electron chi connectivity index (χ1n) is 6.30. The lowest BCUT2D eigenvalue weighted by molar-refractivity contribution is -0.124. The number of halogens is 1. The zero-order valence-electron chi connectivity index (χ0n) is 10.7. The van der Waals surface area contributed by atoms with Crippen LogP contribution in [0.1, 0.15) is 38.3 Å². The molecule has 1 heterocycles. The van der Waals surface area contributed by atoms with Crippen LogP contribution in [0, 0.1) is 5.92 Å². The van der Waals surface area contributed by atoms with Crippen molar-refractivity contribution in [2.45, 2.75) is 32.7 Å². The Labute approximate surface area is 112 Å². The smallest absolute Gasteiger partial charge is 0.223 e. The third-order valence-corrected chi connectivity index (χ3v) is 3.32. The Kier molecular flexibility index (Phi) is 4.12. The van der Waals surface area contributed by atoms with Gasteiger partial charge >= 0.3 is 0 Å². The number of nitrogens with one attached hydrogen (secondary N) is 1. The number of carbonyl (C=O) groups is 1. The minimum atomic E-state index is -0.0168. The highest BCUT2D eigenvalue weighted by atomic mass is 35.5. The van der Waals surface area contributed by atoms with Crippen molar-refractivity contribution >= 4 is 17.5 Å². The minimum Gasteiger partial charge on any atom is -0.493 e. The van der Waals surface area contributed by atoms with Crippen LogP contribution in [-0.2, 0) is 4.79 Å². The van der Waals surface area contributed by atoms with Crippen molar-refractivity contribution in [1.29, 1.82) is 0 Å². The highest BCUT2D eigenvalue weighted by Crippen LogP contribution is 2.33. The average molecular weight is 268 g/mol. The molecule has 4 heteroatoms. The van der Waals surface area contributed by atoms with E-state index in [4.69, 9.17) is 16.3 Å². The van der Waals surface area contributed by atoms with E-state index in [1.807, 2.05) is 32.0 Å². The molecule has 1 aliphatic rings. The van der Waals surface area contributed by atoms with Crippen LogP contribution in [0.25, 0.3) is 0 Å². The molecule has 0 fully saturated rings. The number of benzene rings is 1. The molecule has 0 aromatic heterocycles. The van der Waals surface area contributed by atoms with Gasteiger partial charge in [-0.25, -0.2) is 0 Å². The number of rotatable bonds is 2. The van der Waals surface area contributed by atoms with Crippen LogP contribution in [0.5, 0.6) is 5.75 Å². The summed E-state index contributed by atoms with van der Waals surface area (Å²) in [6.45, 7) is 4.46. The molecule has 0 radical (unpaired) electrons. The van der Waals surface area contributed by atoms with Gasteiger partial charge in [0.1, 0.15) is 5.75 Å². The van der Waals surface area contributed by atoms with Gasteiger partial charge in [-0.05, 0) is 31.0 Å². The van der Waals surface area contributed by atoms with Crippen molar-refractivity contribution in [3.05, 3.63) is 28.8 Å². The fourth-order valence-electron chi connectivity index (χ4n) is 2.04. The fourth-order valence-corrected chi connectivity index (χ4v) is 2.22. The SMILES string of the molecule is CC(C)C(=O)NC1CCCOc2ccc(Cl)cc21. The Morgan fingerprint density at radius 3 is 3.00 bits per heavy atom. The maximum absolute atomic E-state index is 11.8. The molecule has 0 saturated heterocycles. The summed E-state index contributed by atoms with van der Waals surface area (Å²) in [7, 11) is 0. The average Bonchev–Trinajstić information content (AvgIpc) is 2.52. The summed E-state index contributed by atoms with van der Waals surface area (Å²) in [6.07, 6.45) is 1.81. The molecule has 98 valence electrons. The van der Waals surface area contributed by atoms with Crippen LogP contribution in [0.4, 0.5) is 0 Å². The first-order chi connectivity index (χ1) is 8.58. The van der Waals surface area contributed by atoms with Crippen molar-refractivity contribution in [2.75, 3.05) is 6.61 Å². The normalized spacial score (nSPS) is 18.8. The van der Waals surface area contributed by atoms with Gasteiger partial charge in [0.25, 0.3) is 0 Å². The predicted octanol–water partition coefficient (Wildman–Crippen LogP) is 3.33. The number of carbonyl (C=O) groups excluding carboxylic acids is 1. The van der Waals surface area contributed by atoms with Gasteiger partial charge in [0.05, 0.1) is 12.6 Å². The highest BCUT2D eigenvalue weighted by Gasteiger charge is 2.22. The van der Waals surface area contributed by atoms with Gasteiger partial charge in [0.2, 0.25) is 5.91 Å². The van der Waals surface area contributed by atoms with Gasteiger partial charge in [-0.15, -0.1) is 0 Å². The number of hydrogen-bond donors (Lipinski definition) is 1. The summed E-state index contributed by atoms with van der Waals surface area (Å²) < 4.78 is 5.67. The molecular formula is C14H18ClNO2. The van der Waals surface area contributed by atoms with Crippen molar-refractivity contribution < 1.29 is 9.53 Å².